The van der Waals surface area contributed by atoms with Gasteiger partial charge in [-0.05, 0) is 19.1 Å². The van der Waals surface area contributed by atoms with Gasteiger partial charge in [0.25, 0.3) is 0 Å². The van der Waals surface area contributed by atoms with E-state index in [1.165, 1.54) is 11.3 Å². The average Bonchev–Trinajstić information content (AvgIpc) is 2.62. The Morgan fingerprint density at radius 3 is 3.21 bits per heavy atom. The largest absolute Gasteiger partial charge is 0.493 e. The Labute approximate surface area is 84.6 Å². The molecule has 1 aromatic carbocycles. The number of benzene rings is 1. The fourth-order valence-electron chi connectivity index (χ4n) is 1.63. The monoisotopic (exact) mass is 189 g/mol. The molecule has 0 fully saturated rings. The van der Waals surface area contributed by atoms with Crippen molar-refractivity contribution in [2.75, 3.05) is 18.5 Å². The molecule has 0 saturated carbocycles. The first kappa shape index (κ1) is 9.13. The zero-order valence-electron chi connectivity index (χ0n) is 8.47. The van der Waals surface area contributed by atoms with Crippen LogP contribution in [0.25, 0.3) is 0 Å². The number of hydrogen-bond donors (Lipinski definition) is 1. The number of nitrogens with one attached hydrogen (secondary N) is 1. The highest BCUT2D eigenvalue weighted by Crippen LogP contribution is 2.31. The molecule has 1 aliphatic rings. The van der Waals surface area contributed by atoms with Crippen LogP contribution in [0.5, 0.6) is 5.75 Å². The predicted molar refractivity (Wildman–Crippen MR) is 58.9 cm³/mol. The fraction of sp³-hybridized carbons (Fsp3) is 0.333. The van der Waals surface area contributed by atoms with Gasteiger partial charge in [-0.1, -0.05) is 18.2 Å². The summed E-state index contributed by atoms with van der Waals surface area (Å²) < 4.78 is 5.48. The standard InChI is InChI=1S/C12H15NO/c1-9(2)8-13-11-4-3-5-12-10(11)6-7-14-12/h3-5,13H,1,6-8H2,2H3. The number of anilines is 1. The molecule has 0 radical (unpaired) electrons. The molecule has 1 aliphatic heterocycles. The number of ether oxygens (including phenoxy) is 1. The van der Waals surface area contributed by atoms with Gasteiger partial charge < -0.3 is 10.1 Å². The Morgan fingerprint density at radius 1 is 1.57 bits per heavy atom. The highest BCUT2D eigenvalue weighted by atomic mass is 16.5. The van der Waals surface area contributed by atoms with Crippen molar-refractivity contribution < 1.29 is 4.74 Å². The van der Waals surface area contributed by atoms with Gasteiger partial charge in [0.2, 0.25) is 0 Å². The molecule has 0 bridgehead atoms. The zero-order chi connectivity index (χ0) is 9.97. The van der Waals surface area contributed by atoms with E-state index < -0.39 is 0 Å². The SMILES string of the molecule is C=C(C)CNc1cccc2c1CCO2. The van der Waals surface area contributed by atoms with Crippen LogP contribution in [0.1, 0.15) is 12.5 Å². The second kappa shape index (κ2) is 3.74. The van der Waals surface area contributed by atoms with E-state index in [-0.39, 0.29) is 0 Å². The molecule has 74 valence electrons. The van der Waals surface area contributed by atoms with Crippen LogP contribution in [0.2, 0.25) is 0 Å². The molecule has 1 heterocycles. The maximum absolute atomic E-state index is 5.48. The Morgan fingerprint density at radius 2 is 2.43 bits per heavy atom. The van der Waals surface area contributed by atoms with Gasteiger partial charge in [0, 0.05) is 24.2 Å². The van der Waals surface area contributed by atoms with Crippen LogP contribution in [-0.2, 0) is 6.42 Å². The van der Waals surface area contributed by atoms with Gasteiger partial charge in [0.1, 0.15) is 5.75 Å². The summed E-state index contributed by atoms with van der Waals surface area (Å²) in [6.07, 6.45) is 1.01. The number of hydrogen-bond acceptors (Lipinski definition) is 2. The lowest BCUT2D eigenvalue weighted by atomic mass is 10.1. The molecule has 2 rings (SSSR count). The maximum atomic E-state index is 5.48. The van der Waals surface area contributed by atoms with E-state index in [0.29, 0.717) is 0 Å². The minimum atomic E-state index is 0.807. The van der Waals surface area contributed by atoms with Crippen molar-refractivity contribution in [3.8, 4) is 5.75 Å². The van der Waals surface area contributed by atoms with Gasteiger partial charge in [-0.25, -0.2) is 0 Å². The lowest BCUT2D eigenvalue weighted by Gasteiger charge is -2.09. The van der Waals surface area contributed by atoms with Crippen LogP contribution in [0.4, 0.5) is 5.69 Å². The van der Waals surface area contributed by atoms with Gasteiger partial charge >= 0.3 is 0 Å². The van der Waals surface area contributed by atoms with E-state index >= 15 is 0 Å². The van der Waals surface area contributed by atoms with Crippen molar-refractivity contribution >= 4 is 5.69 Å². The summed E-state index contributed by atoms with van der Waals surface area (Å²) in [4.78, 5) is 0. The highest BCUT2D eigenvalue weighted by Gasteiger charge is 2.14. The third kappa shape index (κ3) is 1.74. The molecule has 0 amide bonds. The van der Waals surface area contributed by atoms with Crippen molar-refractivity contribution in [3.63, 3.8) is 0 Å². The van der Waals surface area contributed by atoms with Crippen molar-refractivity contribution in [2.24, 2.45) is 0 Å². The van der Waals surface area contributed by atoms with Crippen molar-refractivity contribution in [1.82, 2.24) is 0 Å². The van der Waals surface area contributed by atoms with E-state index in [2.05, 4.69) is 18.0 Å². The summed E-state index contributed by atoms with van der Waals surface area (Å²) in [5.41, 5.74) is 3.62. The second-order valence-corrected chi connectivity index (χ2v) is 3.69. The van der Waals surface area contributed by atoms with E-state index in [9.17, 15) is 0 Å². The highest BCUT2D eigenvalue weighted by molar-refractivity contribution is 5.59. The Balaban J connectivity index is 2.17. The van der Waals surface area contributed by atoms with E-state index in [0.717, 1.165) is 30.9 Å². The maximum Gasteiger partial charge on any atom is 0.124 e. The first-order valence-electron chi connectivity index (χ1n) is 4.90. The summed E-state index contributed by atoms with van der Waals surface area (Å²) in [7, 11) is 0. The molecule has 0 aromatic heterocycles. The number of fused-ring (bicyclic) bond motifs is 1. The molecule has 1 aromatic rings. The van der Waals surface area contributed by atoms with Crippen LogP contribution in [-0.4, -0.2) is 13.2 Å². The van der Waals surface area contributed by atoms with Gasteiger partial charge in [0.15, 0.2) is 0 Å². The Kier molecular flexibility index (Phi) is 2.44. The van der Waals surface area contributed by atoms with Crippen LogP contribution in [0, 0.1) is 0 Å². The van der Waals surface area contributed by atoms with Crippen molar-refractivity contribution in [2.45, 2.75) is 13.3 Å². The van der Waals surface area contributed by atoms with Crippen molar-refractivity contribution in [3.05, 3.63) is 35.9 Å². The Bertz CT molecular complexity index is 357. The molecule has 1 N–H and O–H groups in total. The van der Waals surface area contributed by atoms with Gasteiger partial charge in [-0.3, -0.25) is 0 Å². The summed E-state index contributed by atoms with van der Waals surface area (Å²) in [5, 5.41) is 3.36. The molecule has 0 saturated heterocycles. The molecular formula is C12H15NO. The van der Waals surface area contributed by atoms with Crippen LogP contribution >= 0.6 is 0 Å². The smallest absolute Gasteiger partial charge is 0.124 e. The molecule has 0 atom stereocenters. The molecule has 14 heavy (non-hydrogen) atoms. The van der Waals surface area contributed by atoms with E-state index in [1.807, 2.05) is 19.1 Å². The summed E-state index contributed by atoms with van der Waals surface area (Å²) in [5.74, 6) is 1.02. The molecule has 0 unspecified atom stereocenters. The first-order valence-corrected chi connectivity index (χ1v) is 4.90. The third-order valence-electron chi connectivity index (χ3n) is 2.32. The second-order valence-electron chi connectivity index (χ2n) is 3.69. The van der Waals surface area contributed by atoms with Crippen LogP contribution in [0.15, 0.2) is 30.4 Å². The molecule has 0 aliphatic carbocycles. The van der Waals surface area contributed by atoms with Gasteiger partial charge in [0.05, 0.1) is 6.61 Å². The first-order chi connectivity index (χ1) is 6.77. The van der Waals surface area contributed by atoms with Crippen LogP contribution < -0.4 is 10.1 Å². The van der Waals surface area contributed by atoms with E-state index in [4.69, 9.17) is 4.74 Å². The normalized spacial score (nSPS) is 13.2. The summed E-state index contributed by atoms with van der Waals surface area (Å²) in [6.45, 7) is 7.53. The minimum Gasteiger partial charge on any atom is -0.493 e. The zero-order valence-corrected chi connectivity index (χ0v) is 8.47. The molecule has 2 heteroatoms. The minimum absolute atomic E-state index is 0.807. The van der Waals surface area contributed by atoms with Crippen LogP contribution in [0.3, 0.4) is 0 Å². The van der Waals surface area contributed by atoms with Gasteiger partial charge in [-0.2, -0.15) is 0 Å². The van der Waals surface area contributed by atoms with E-state index in [1.54, 1.807) is 0 Å². The fourth-order valence-corrected chi connectivity index (χ4v) is 1.63. The quantitative estimate of drug-likeness (QED) is 0.738. The van der Waals surface area contributed by atoms with Gasteiger partial charge in [-0.15, -0.1) is 0 Å². The van der Waals surface area contributed by atoms with Crippen molar-refractivity contribution in [1.29, 1.82) is 0 Å². The third-order valence-corrected chi connectivity index (χ3v) is 2.32. The summed E-state index contributed by atoms with van der Waals surface area (Å²) in [6, 6.07) is 6.13. The molecular weight excluding hydrogens is 174 g/mol. The number of rotatable bonds is 3. The lowest BCUT2D eigenvalue weighted by molar-refractivity contribution is 0.357. The predicted octanol–water partition coefficient (Wildman–Crippen LogP) is 2.61. The molecule has 2 nitrogen and oxygen atoms in total. The topological polar surface area (TPSA) is 21.3 Å². The average molecular weight is 189 g/mol. The molecule has 0 spiro atoms. The Hall–Kier alpha value is -1.44. The summed E-state index contributed by atoms with van der Waals surface area (Å²) >= 11 is 0. The lowest BCUT2D eigenvalue weighted by Crippen LogP contribution is -2.03.